The Kier molecular flexibility index (Phi) is 6.73. The van der Waals surface area contributed by atoms with E-state index >= 15 is 0 Å². The van der Waals surface area contributed by atoms with E-state index < -0.39 is 12.0 Å². The quantitative estimate of drug-likeness (QED) is 0.682. The number of nitrogens with two attached hydrogens (primary N) is 1. The number of carbonyl (C=O) groups is 2. The number of primary amides is 1. The van der Waals surface area contributed by atoms with Gasteiger partial charge in [0.15, 0.2) is 6.10 Å². The molecule has 2 amide bonds. The van der Waals surface area contributed by atoms with Gasteiger partial charge in [0.25, 0.3) is 11.8 Å². The first kappa shape index (κ1) is 20.4. The highest BCUT2D eigenvalue weighted by Gasteiger charge is 2.29. The zero-order valence-corrected chi connectivity index (χ0v) is 17.3. The molecule has 1 aliphatic rings. The molecule has 0 aliphatic heterocycles. The van der Waals surface area contributed by atoms with Crippen molar-refractivity contribution in [2.45, 2.75) is 58.5 Å². The van der Waals surface area contributed by atoms with E-state index in [4.69, 9.17) is 10.5 Å². The van der Waals surface area contributed by atoms with Crippen molar-refractivity contribution in [3.05, 3.63) is 46.3 Å². The normalized spacial score (nSPS) is 16.9. The van der Waals surface area contributed by atoms with Gasteiger partial charge in [-0.15, -0.1) is 11.3 Å². The number of ether oxygens (including phenoxy) is 1. The fourth-order valence-electron chi connectivity index (χ4n) is 3.84. The van der Waals surface area contributed by atoms with Gasteiger partial charge in [-0.3, -0.25) is 9.59 Å². The van der Waals surface area contributed by atoms with Gasteiger partial charge < -0.3 is 15.8 Å². The molecule has 1 aliphatic carbocycles. The van der Waals surface area contributed by atoms with E-state index in [2.05, 4.69) is 12.2 Å². The summed E-state index contributed by atoms with van der Waals surface area (Å²) in [7, 11) is 0. The van der Waals surface area contributed by atoms with Crippen LogP contribution in [0.2, 0.25) is 0 Å². The largest absolute Gasteiger partial charge is 0.481 e. The average Bonchev–Trinajstić information content (AvgIpc) is 3.04. The predicted molar refractivity (Wildman–Crippen MR) is 113 cm³/mol. The molecule has 1 aromatic heterocycles. The molecule has 0 radical (unpaired) electrons. The summed E-state index contributed by atoms with van der Waals surface area (Å²) < 4.78 is 5.83. The maximum absolute atomic E-state index is 12.8. The minimum absolute atomic E-state index is 0.252. The Morgan fingerprint density at radius 2 is 2.04 bits per heavy atom. The minimum Gasteiger partial charge on any atom is -0.481 e. The molecule has 0 saturated carbocycles. The summed E-state index contributed by atoms with van der Waals surface area (Å²) in [5.41, 5.74) is 7.18. The predicted octanol–water partition coefficient (Wildman–Crippen LogP) is 4.55. The Morgan fingerprint density at radius 1 is 1.29 bits per heavy atom. The van der Waals surface area contributed by atoms with Crippen LogP contribution in [0.25, 0.3) is 0 Å². The lowest BCUT2D eigenvalue weighted by molar-refractivity contribution is -0.122. The molecular formula is C22H28N2O3S. The van der Waals surface area contributed by atoms with Crippen LogP contribution in [0.1, 0.15) is 60.3 Å². The molecule has 0 saturated heterocycles. The third-order valence-electron chi connectivity index (χ3n) is 5.23. The van der Waals surface area contributed by atoms with E-state index in [1.807, 2.05) is 37.3 Å². The number of anilines is 1. The average molecular weight is 401 g/mol. The number of amides is 2. The van der Waals surface area contributed by atoms with Crippen LogP contribution in [-0.2, 0) is 17.6 Å². The number of carbonyl (C=O) groups excluding carboxylic acids is 2. The van der Waals surface area contributed by atoms with Crippen molar-refractivity contribution in [3.8, 4) is 5.75 Å². The second-order valence-electron chi connectivity index (χ2n) is 7.29. The molecule has 3 rings (SSSR count). The highest BCUT2D eigenvalue weighted by atomic mass is 32.1. The van der Waals surface area contributed by atoms with Crippen molar-refractivity contribution in [2.24, 2.45) is 11.7 Å². The Labute approximate surface area is 170 Å². The van der Waals surface area contributed by atoms with Gasteiger partial charge in [-0.25, -0.2) is 0 Å². The van der Waals surface area contributed by atoms with Crippen molar-refractivity contribution in [1.29, 1.82) is 0 Å². The van der Waals surface area contributed by atoms with E-state index in [1.165, 1.54) is 22.6 Å². The molecule has 2 atom stereocenters. The van der Waals surface area contributed by atoms with Gasteiger partial charge in [0.05, 0.1) is 5.56 Å². The lowest BCUT2D eigenvalue weighted by Crippen LogP contribution is -2.32. The second-order valence-corrected chi connectivity index (χ2v) is 8.39. The first-order chi connectivity index (χ1) is 13.5. The first-order valence-electron chi connectivity index (χ1n) is 10.00. The van der Waals surface area contributed by atoms with E-state index in [0.29, 0.717) is 28.7 Å². The van der Waals surface area contributed by atoms with Crippen molar-refractivity contribution < 1.29 is 14.3 Å². The lowest BCUT2D eigenvalue weighted by Gasteiger charge is -2.21. The summed E-state index contributed by atoms with van der Waals surface area (Å²) in [5.74, 6) is 0.564. The third kappa shape index (κ3) is 4.55. The zero-order chi connectivity index (χ0) is 20.1. The number of rotatable bonds is 8. The number of hydrogen-bond donors (Lipinski definition) is 2. The summed E-state index contributed by atoms with van der Waals surface area (Å²) in [4.78, 5) is 26.1. The van der Waals surface area contributed by atoms with Crippen LogP contribution < -0.4 is 15.8 Å². The summed E-state index contributed by atoms with van der Waals surface area (Å²) in [5, 5.41) is 3.49. The van der Waals surface area contributed by atoms with Crippen LogP contribution in [0.4, 0.5) is 5.00 Å². The molecule has 0 fully saturated rings. The van der Waals surface area contributed by atoms with Crippen LogP contribution >= 0.6 is 11.3 Å². The maximum atomic E-state index is 12.8. The number of benzene rings is 1. The van der Waals surface area contributed by atoms with Crippen molar-refractivity contribution >= 4 is 28.2 Å². The first-order valence-corrected chi connectivity index (χ1v) is 10.8. The van der Waals surface area contributed by atoms with Gasteiger partial charge >= 0.3 is 0 Å². The highest BCUT2D eigenvalue weighted by molar-refractivity contribution is 7.17. The van der Waals surface area contributed by atoms with Crippen molar-refractivity contribution in [3.63, 3.8) is 0 Å². The van der Waals surface area contributed by atoms with Gasteiger partial charge in [0, 0.05) is 4.88 Å². The molecule has 6 heteroatoms. The van der Waals surface area contributed by atoms with Crippen LogP contribution in [0.5, 0.6) is 5.75 Å². The highest BCUT2D eigenvalue weighted by Crippen LogP contribution is 2.40. The minimum atomic E-state index is -0.630. The smallest absolute Gasteiger partial charge is 0.266 e. The van der Waals surface area contributed by atoms with Crippen LogP contribution in [0, 0.1) is 5.92 Å². The Morgan fingerprint density at radius 3 is 2.68 bits per heavy atom. The number of para-hydroxylation sites is 1. The number of fused-ring (bicyclic) bond motifs is 1. The molecule has 2 aromatic rings. The monoisotopic (exact) mass is 400 g/mol. The van der Waals surface area contributed by atoms with E-state index in [0.717, 1.165) is 31.2 Å². The standard InChI is InChI=1S/C22H28N2O3S/c1-3-8-14-11-12-16-18(13-14)28-22(19(16)20(23)25)24-21(26)17(4-2)27-15-9-6-5-7-10-15/h5-7,9-10,14,17H,3-4,8,11-13H2,1-2H3,(H2,23,25)(H,24,26). The molecule has 3 N–H and O–H groups in total. The maximum Gasteiger partial charge on any atom is 0.266 e. The molecule has 0 bridgehead atoms. The van der Waals surface area contributed by atoms with Gasteiger partial charge in [-0.2, -0.15) is 0 Å². The SMILES string of the molecule is CCCC1CCc2c(sc(NC(=O)C(CC)Oc3ccccc3)c2C(N)=O)C1. The Balaban J connectivity index is 1.79. The van der Waals surface area contributed by atoms with Crippen LogP contribution in [-0.4, -0.2) is 17.9 Å². The molecule has 28 heavy (non-hydrogen) atoms. The summed E-state index contributed by atoms with van der Waals surface area (Å²) >= 11 is 1.49. The topological polar surface area (TPSA) is 81.4 Å². The summed E-state index contributed by atoms with van der Waals surface area (Å²) in [6, 6.07) is 9.27. The lowest BCUT2D eigenvalue weighted by atomic mass is 9.84. The van der Waals surface area contributed by atoms with E-state index in [1.54, 1.807) is 0 Å². The fraction of sp³-hybridized carbons (Fsp3) is 0.455. The van der Waals surface area contributed by atoms with E-state index in [-0.39, 0.29) is 5.91 Å². The van der Waals surface area contributed by atoms with Gasteiger partial charge in [-0.1, -0.05) is 44.9 Å². The van der Waals surface area contributed by atoms with Gasteiger partial charge in [-0.05, 0) is 49.3 Å². The molecule has 1 heterocycles. The van der Waals surface area contributed by atoms with Gasteiger partial charge in [0.2, 0.25) is 0 Å². The molecule has 1 aromatic carbocycles. The van der Waals surface area contributed by atoms with Gasteiger partial charge in [0.1, 0.15) is 10.8 Å². The summed E-state index contributed by atoms with van der Waals surface area (Å²) in [6.45, 7) is 4.10. The number of nitrogens with one attached hydrogen (secondary N) is 1. The molecule has 0 spiro atoms. The Hall–Kier alpha value is -2.34. The van der Waals surface area contributed by atoms with Crippen LogP contribution in [0.3, 0.4) is 0 Å². The second kappa shape index (κ2) is 9.24. The Bertz CT molecular complexity index is 832. The van der Waals surface area contributed by atoms with Crippen molar-refractivity contribution in [1.82, 2.24) is 0 Å². The molecular weight excluding hydrogens is 372 g/mol. The van der Waals surface area contributed by atoms with Crippen LogP contribution in [0.15, 0.2) is 30.3 Å². The molecule has 2 unspecified atom stereocenters. The molecule has 5 nitrogen and oxygen atoms in total. The van der Waals surface area contributed by atoms with Crippen molar-refractivity contribution in [2.75, 3.05) is 5.32 Å². The number of thiophene rings is 1. The molecule has 150 valence electrons. The van der Waals surface area contributed by atoms with E-state index in [9.17, 15) is 9.59 Å². The third-order valence-corrected chi connectivity index (χ3v) is 6.40. The fourth-order valence-corrected chi connectivity index (χ4v) is 5.21. The summed E-state index contributed by atoms with van der Waals surface area (Å²) in [6.07, 6.45) is 5.12. The number of hydrogen-bond acceptors (Lipinski definition) is 4. The zero-order valence-electron chi connectivity index (χ0n) is 16.5.